The molecule has 0 aliphatic carbocycles. The van der Waals surface area contributed by atoms with Crippen LogP contribution >= 0.6 is 0 Å². The predicted octanol–water partition coefficient (Wildman–Crippen LogP) is 1.97. The zero-order valence-corrected chi connectivity index (χ0v) is 20.3. The van der Waals surface area contributed by atoms with Gasteiger partial charge in [0.05, 0.1) is 37.5 Å². The third kappa shape index (κ3) is 9.46. The quantitative estimate of drug-likeness (QED) is 0.361. The van der Waals surface area contributed by atoms with Gasteiger partial charge >= 0.3 is 11.9 Å². The van der Waals surface area contributed by atoms with E-state index in [4.69, 9.17) is 9.57 Å². The van der Waals surface area contributed by atoms with E-state index in [2.05, 4.69) is 5.32 Å². The minimum atomic E-state index is -0.882. The Labute approximate surface area is 190 Å². The van der Waals surface area contributed by atoms with Crippen molar-refractivity contribution in [2.75, 3.05) is 13.2 Å². The molecule has 0 saturated carbocycles. The molecule has 0 radical (unpaired) electrons. The molecule has 32 heavy (non-hydrogen) atoms. The van der Waals surface area contributed by atoms with Gasteiger partial charge in [-0.25, -0.2) is 5.48 Å². The van der Waals surface area contributed by atoms with Gasteiger partial charge in [-0.15, -0.1) is 0 Å². The molecule has 1 saturated heterocycles. The molecule has 0 bridgehead atoms. The van der Waals surface area contributed by atoms with Crippen molar-refractivity contribution in [2.24, 2.45) is 29.1 Å². The first kappa shape index (κ1) is 27.7. The van der Waals surface area contributed by atoms with Crippen molar-refractivity contribution in [3.63, 3.8) is 0 Å². The third-order valence-electron chi connectivity index (χ3n) is 5.10. The number of hydrogen-bond donors (Lipinski definition) is 2. The van der Waals surface area contributed by atoms with Gasteiger partial charge in [-0.1, -0.05) is 48.5 Å². The van der Waals surface area contributed by atoms with Crippen LogP contribution in [0.25, 0.3) is 0 Å². The largest absolute Gasteiger partial charge is 0.465 e. The fourth-order valence-corrected chi connectivity index (χ4v) is 3.24. The van der Waals surface area contributed by atoms with E-state index in [1.165, 1.54) is 0 Å². The van der Waals surface area contributed by atoms with E-state index < -0.39 is 41.4 Å². The van der Waals surface area contributed by atoms with E-state index in [9.17, 15) is 24.0 Å². The maximum atomic E-state index is 13.0. The summed E-state index contributed by atoms with van der Waals surface area (Å²) in [5, 5.41) is 2.77. The molecule has 1 rings (SSSR count). The van der Waals surface area contributed by atoms with Crippen LogP contribution in [0.4, 0.5) is 0 Å². The molecular formula is C23H38N2O7. The Bertz CT molecular complexity index is 710. The maximum Gasteiger partial charge on any atom is 0.311 e. The lowest BCUT2D eigenvalue weighted by molar-refractivity contribution is -0.158. The van der Waals surface area contributed by atoms with Crippen molar-refractivity contribution in [2.45, 2.75) is 73.8 Å². The molecule has 9 nitrogen and oxygen atoms in total. The van der Waals surface area contributed by atoms with Gasteiger partial charge in [-0.3, -0.25) is 28.8 Å². The van der Waals surface area contributed by atoms with E-state index in [-0.39, 0.29) is 49.1 Å². The first-order valence-corrected chi connectivity index (χ1v) is 11.2. The van der Waals surface area contributed by atoms with Crippen LogP contribution in [0.2, 0.25) is 0 Å². The number of hydroxylamine groups is 1. The SMILES string of the molecule is CC(C)CC(NC(=O)C(CC(=O)OCC(C)(C)C)C(C)C)C(=O)CC1CONC(=O)C1=O. The number of esters is 1. The Morgan fingerprint density at radius 3 is 2.31 bits per heavy atom. The van der Waals surface area contributed by atoms with Crippen molar-refractivity contribution in [3.05, 3.63) is 0 Å². The van der Waals surface area contributed by atoms with Gasteiger partial charge in [0.15, 0.2) is 5.78 Å². The zero-order valence-electron chi connectivity index (χ0n) is 20.3. The van der Waals surface area contributed by atoms with Crippen LogP contribution in [0.1, 0.15) is 67.7 Å². The van der Waals surface area contributed by atoms with Gasteiger partial charge in [-0.2, -0.15) is 0 Å². The van der Waals surface area contributed by atoms with Crippen molar-refractivity contribution in [1.82, 2.24) is 10.8 Å². The topological polar surface area (TPSA) is 128 Å². The fraction of sp³-hybridized carbons (Fsp3) is 0.783. The van der Waals surface area contributed by atoms with E-state index >= 15 is 0 Å². The van der Waals surface area contributed by atoms with Crippen LogP contribution in [0, 0.1) is 29.1 Å². The standard InChI is InChI=1S/C23H38N2O7/c1-13(2)8-17(18(26)9-15-11-32-25-22(30)20(15)28)24-21(29)16(14(3)4)10-19(27)31-12-23(5,6)7/h13-17H,8-12H2,1-7H3,(H,24,29)(H,25,30). The Kier molecular flexibility index (Phi) is 10.5. The van der Waals surface area contributed by atoms with E-state index in [0.29, 0.717) is 6.42 Å². The fourth-order valence-electron chi connectivity index (χ4n) is 3.24. The molecule has 1 heterocycles. The predicted molar refractivity (Wildman–Crippen MR) is 117 cm³/mol. The average Bonchev–Trinajstić information content (AvgIpc) is 2.66. The number of ketones is 2. The van der Waals surface area contributed by atoms with Gasteiger partial charge in [0.2, 0.25) is 11.7 Å². The maximum absolute atomic E-state index is 13.0. The van der Waals surface area contributed by atoms with Crippen LogP contribution in [0.15, 0.2) is 0 Å². The van der Waals surface area contributed by atoms with Crippen LogP contribution in [-0.4, -0.2) is 48.6 Å². The number of amides is 2. The highest BCUT2D eigenvalue weighted by molar-refractivity contribution is 6.37. The minimum absolute atomic E-state index is 0.0860. The second-order valence-corrected chi connectivity index (χ2v) is 10.4. The first-order chi connectivity index (χ1) is 14.7. The van der Waals surface area contributed by atoms with E-state index in [1.54, 1.807) is 0 Å². The molecular weight excluding hydrogens is 416 g/mol. The molecule has 0 aromatic heterocycles. The normalized spacial score (nSPS) is 18.8. The first-order valence-electron chi connectivity index (χ1n) is 11.2. The van der Waals surface area contributed by atoms with Gasteiger partial charge in [0, 0.05) is 6.42 Å². The number of hydrogen-bond acceptors (Lipinski definition) is 7. The molecule has 2 N–H and O–H groups in total. The van der Waals surface area contributed by atoms with Crippen LogP contribution < -0.4 is 10.8 Å². The van der Waals surface area contributed by atoms with Gasteiger partial charge in [0.1, 0.15) is 0 Å². The van der Waals surface area contributed by atoms with Crippen molar-refractivity contribution < 1.29 is 33.5 Å². The lowest BCUT2D eigenvalue weighted by atomic mass is 9.88. The number of carbonyl (C=O) groups is 5. The molecule has 1 fully saturated rings. The van der Waals surface area contributed by atoms with Gasteiger partial charge in [0.25, 0.3) is 0 Å². The number of ether oxygens (including phenoxy) is 1. The summed E-state index contributed by atoms with van der Waals surface area (Å²) >= 11 is 0. The second kappa shape index (κ2) is 12.1. The lowest BCUT2D eigenvalue weighted by Crippen LogP contribution is -2.49. The molecule has 9 heteroatoms. The molecule has 1 aliphatic heterocycles. The molecule has 0 aromatic carbocycles. The summed E-state index contributed by atoms with van der Waals surface area (Å²) < 4.78 is 5.30. The highest BCUT2D eigenvalue weighted by atomic mass is 16.7. The van der Waals surface area contributed by atoms with E-state index in [0.717, 1.165) is 0 Å². The number of Topliss-reactive ketones (excluding diaryl/α,β-unsaturated/α-hetero) is 2. The minimum Gasteiger partial charge on any atom is -0.465 e. The number of rotatable bonds is 11. The van der Waals surface area contributed by atoms with Crippen molar-refractivity contribution >= 4 is 29.4 Å². The molecule has 0 spiro atoms. The monoisotopic (exact) mass is 454 g/mol. The summed E-state index contributed by atoms with van der Waals surface area (Å²) in [4.78, 5) is 66.5. The Morgan fingerprint density at radius 1 is 1.16 bits per heavy atom. The summed E-state index contributed by atoms with van der Waals surface area (Å²) in [5.74, 6) is -4.39. The highest BCUT2D eigenvalue weighted by Crippen LogP contribution is 2.21. The third-order valence-corrected chi connectivity index (χ3v) is 5.10. The Hall–Kier alpha value is -2.29. The lowest BCUT2D eigenvalue weighted by Gasteiger charge is -2.27. The smallest absolute Gasteiger partial charge is 0.311 e. The average molecular weight is 455 g/mol. The summed E-state index contributed by atoms with van der Waals surface area (Å²) in [7, 11) is 0. The van der Waals surface area contributed by atoms with Crippen molar-refractivity contribution in [1.29, 1.82) is 0 Å². The van der Waals surface area contributed by atoms with Crippen LogP contribution in [-0.2, 0) is 33.5 Å². The number of nitrogens with one attached hydrogen (secondary N) is 2. The molecule has 0 aromatic rings. The molecule has 3 unspecified atom stereocenters. The summed E-state index contributed by atoms with van der Waals surface area (Å²) in [6.07, 6.45) is 0.0823. The van der Waals surface area contributed by atoms with Gasteiger partial charge in [-0.05, 0) is 23.7 Å². The molecule has 3 atom stereocenters. The van der Waals surface area contributed by atoms with Crippen LogP contribution in [0.3, 0.4) is 0 Å². The molecule has 182 valence electrons. The zero-order chi connectivity index (χ0) is 24.6. The highest BCUT2D eigenvalue weighted by Gasteiger charge is 2.35. The number of carbonyl (C=O) groups excluding carboxylic acids is 5. The Morgan fingerprint density at radius 2 is 1.78 bits per heavy atom. The summed E-state index contributed by atoms with van der Waals surface area (Å²) in [6.45, 7) is 13.5. The Balaban J connectivity index is 2.84. The molecule has 1 aliphatic rings. The molecule has 2 amide bonds. The second-order valence-electron chi connectivity index (χ2n) is 10.4. The summed E-state index contributed by atoms with van der Waals surface area (Å²) in [5.41, 5.74) is 1.80. The van der Waals surface area contributed by atoms with Crippen molar-refractivity contribution in [3.8, 4) is 0 Å². The van der Waals surface area contributed by atoms with Gasteiger partial charge < -0.3 is 10.1 Å². The summed E-state index contributed by atoms with van der Waals surface area (Å²) in [6, 6.07) is -0.827. The van der Waals surface area contributed by atoms with E-state index in [1.807, 2.05) is 53.9 Å². The van der Waals surface area contributed by atoms with Crippen LogP contribution in [0.5, 0.6) is 0 Å².